The zero-order chi connectivity index (χ0) is 18.9. The maximum Gasteiger partial charge on any atom is 0.266 e. The molecule has 8 heteroatoms. The Morgan fingerprint density at radius 2 is 2.27 bits per heavy atom. The van der Waals surface area contributed by atoms with E-state index in [-0.39, 0.29) is 24.5 Å². The van der Waals surface area contributed by atoms with Crippen molar-refractivity contribution in [3.63, 3.8) is 0 Å². The molecule has 0 unspecified atom stereocenters. The van der Waals surface area contributed by atoms with Gasteiger partial charge in [-0.05, 0) is 28.5 Å². The number of thiophene rings is 1. The SMILES string of the molecule is CC(C)(C)c1csc(NC(=O)CN2C(=O)COc3cccnc32)c1C#N. The summed E-state index contributed by atoms with van der Waals surface area (Å²) in [6.45, 7) is 5.70. The normalized spacial score (nSPS) is 13.6. The van der Waals surface area contributed by atoms with E-state index in [0.717, 1.165) is 5.56 Å². The fourth-order valence-electron chi connectivity index (χ4n) is 2.62. The van der Waals surface area contributed by atoms with E-state index in [4.69, 9.17) is 4.74 Å². The summed E-state index contributed by atoms with van der Waals surface area (Å²) < 4.78 is 5.32. The molecule has 2 aromatic heterocycles. The lowest BCUT2D eigenvalue weighted by molar-refractivity contribution is -0.123. The van der Waals surface area contributed by atoms with Crippen LogP contribution in [0.5, 0.6) is 5.75 Å². The highest BCUT2D eigenvalue weighted by Crippen LogP contribution is 2.35. The number of hydrogen-bond acceptors (Lipinski definition) is 6. The van der Waals surface area contributed by atoms with Crippen molar-refractivity contribution in [3.05, 3.63) is 34.8 Å². The Morgan fingerprint density at radius 1 is 1.50 bits per heavy atom. The van der Waals surface area contributed by atoms with Gasteiger partial charge >= 0.3 is 0 Å². The summed E-state index contributed by atoms with van der Waals surface area (Å²) in [5.74, 6) is 0.0498. The quantitative estimate of drug-likeness (QED) is 0.896. The Morgan fingerprint density at radius 3 is 2.96 bits per heavy atom. The third kappa shape index (κ3) is 3.39. The summed E-state index contributed by atoms with van der Waals surface area (Å²) >= 11 is 1.31. The van der Waals surface area contributed by atoms with Crippen molar-refractivity contribution in [2.24, 2.45) is 0 Å². The summed E-state index contributed by atoms with van der Waals surface area (Å²) in [7, 11) is 0. The number of nitriles is 1. The molecule has 134 valence electrons. The number of anilines is 2. The van der Waals surface area contributed by atoms with Crippen molar-refractivity contribution >= 4 is 34.0 Å². The molecule has 1 aliphatic heterocycles. The molecule has 2 aromatic rings. The number of carbonyl (C=O) groups is 2. The first kappa shape index (κ1) is 17.9. The molecule has 7 nitrogen and oxygen atoms in total. The molecule has 0 bridgehead atoms. The Labute approximate surface area is 155 Å². The maximum atomic E-state index is 12.5. The van der Waals surface area contributed by atoms with Gasteiger partial charge < -0.3 is 10.1 Å². The third-order valence-corrected chi connectivity index (χ3v) is 4.82. The minimum absolute atomic E-state index is 0.136. The lowest BCUT2D eigenvalue weighted by Crippen LogP contribution is -2.43. The fraction of sp³-hybridized carbons (Fsp3) is 0.333. The number of amides is 2. The molecule has 26 heavy (non-hydrogen) atoms. The Kier molecular flexibility index (Phi) is 4.66. The van der Waals surface area contributed by atoms with E-state index in [1.165, 1.54) is 22.4 Å². The highest BCUT2D eigenvalue weighted by Gasteiger charge is 2.29. The monoisotopic (exact) mass is 370 g/mol. The van der Waals surface area contributed by atoms with Crippen molar-refractivity contribution in [1.29, 1.82) is 5.26 Å². The van der Waals surface area contributed by atoms with Crippen LogP contribution in [0.4, 0.5) is 10.8 Å². The minimum atomic E-state index is -0.393. The number of aromatic nitrogens is 1. The van der Waals surface area contributed by atoms with Gasteiger partial charge in [0.05, 0.1) is 5.56 Å². The summed E-state index contributed by atoms with van der Waals surface area (Å²) in [4.78, 5) is 30.0. The van der Waals surface area contributed by atoms with E-state index in [2.05, 4.69) is 16.4 Å². The van der Waals surface area contributed by atoms with Crippen LogP contribution in [0.25, 0.3) is 0 Å². The lowest BCUT2D eigenvalue weighted by Gasteiger charge is -2.27. The molecule has 0 saturated carbocycles. The van der Waals surface area contributed by atoms with Crippen molar-refractivity contribution < 1.29 is 14.3 Å². The highest BCUT2D eigenvalue weighted by molar-refractivity contribution is 7.14. The average molecular weight is 370 g/mol. The molecular weight excluding hydrogens is 352 g/mol. The summed E-state index contributed by atoms with van der Waals surface area (Å²) in [6, 6.07) is 5.56. The zero-order valence-electron chi connectivity index (χ0n) is 14.7. The van der Waals surface area contributed by atoms with Gasteiger partial charge in [-0.15, -0.1) is 11.3 Å². The van der Waals surface area contributed by atoms with E-state index in [1.807, 2.05) is 26.2 Å². The molecule has 0 fully saturated rings. The number of nitrogens with one attached hydrogen (secondary N) is 1. The standard InChI is InChI=1S/C18H18N4O3S/c1-18(2,3)12-10-26-17(11(12)7-19)21-14(23)8-22-15(24)9-25-13-5-4-6-20-16(13)22/h4-6,10H,8-9H2,1-3H3,(H,21,23). The van der Waals surface area contributed by atoms with Gasteiger partial charge in [0.25, 0.3) is 5.91 Å². The van der Waals surface area contributed by atoms with Gasteiger partial charge in [0.1, 0.15) is 17.6 Å². The molecule has 0 radical (unpaired) electrons. The topological polar surface area (TPSA) is 95.3 Å². The molecule has 0 spiro atoms. The number of rotatable bonds is 3. The van der Waals surface area contributed by atoms with Gasteiger partial charge in [-0.3, -0.25) is 14.5 Å². The van der Waals surface area contributed by atoms with Crippen molar-refractivity contribution in [3.8, 4) is 11.8 Å². The number of carbonyl (C=O) groups excluding carboxylic acids is 2. The van der Waals surface area contributed by atoms with Crippen molar-refractivity contribution in [2.45, 2.75) is 26.2 Å². The fourth-order valence-corrected chi connectivity index (χ4v) is 3.77. The van der Waals surface area contributed by atoms with Crippen LogP contribution >= 0.6 is 11.3 Å². The first-order chi connectivity index (χ1) is 12.3. The van der Waals surface area contributed by atoms with E-state index in [9.17, 15) is 14.9 Å². The third-order valence-electron chi connectivity index (χ3n) is 3.92. The first-order valence-corrected chi connectivity index (χ1v) is 8.89. The van der Waals surface area contributed by atoms with Crippen LogP contribution in [-0.4, -0.2) is 29.9 Å². The second kappa shape index (κ2) is 6.77. The Bertz CT molecular complexity index is 908. The van der Waals surface area contributed by atoms with E-state index in [0.29, 0.717) is 22.1 Å². The van der Waals surface area contributed by atoms with Crippen LogP contribution in [0.3, 0.4) is 0 Å². The largest absolute Gasteiger partial charge is 0.480 e. The van der Waals surface area contributed by atoms with Crippen molar-refractivity contribution in [2.75, 3.05) is 23.4 Å². The van der Waals surface area contributed by atoms with Crippen molar-refractivity contribution in [1.82, 2.24) is 4.98 Å². The molecular formula is C18H18N4O3S. The second-order valence-electron chi connectivity index (χ2n) is 6.86. The molecule has 0 aromatic carbocycles. The van der Waals surface area contributed by atoms with Crippen LogP contribution < -0.4 is 15.0 Å². The molecule has 0 atom stereocenters. The maximum absolute atomic E-state index is 12.5. The number of fused-ring (bicyclic) bond motifs is 1. The van der Waals surface area contributed by atoms with Crippen LogP contribution in [0.15, 0.2) is 23.7 Å². The van der Waals surface area contributed by atoms with E-state index < -0.39 is 5.91 Å². The molecule has 3 heterocycles. The van der Waals surface area contributed by atoms with Gasteiger partial charge in [-0.1, -0.05) is 20.8 Å². The predicted octanol–water partition coefficient (Wildman–Crippen LogP) is 2.68. The van der Waals surface area contributed by atoms with E-state index in [1.54, 1.807) is 12.1 Å². The average Bonchev–Trinajstić information content (AvgIpc) is 3.00. The van der Waals surface area contributed by atoms with Gasteiger partial charge in [0.2, 0.25) is 5.91 Å². The molecule has 0 aliphatic carbocycles. The highest BCUT2D eigenvalue weighted by atomic mass is 32.1. The second-order valence-corrected chi connectivity index (χ2v) is 7.74. The van der Waals surface area contributed by atoms with Crippen LogP contribution in [0.1, 0.15) is 31.9 Å². The number of pyridine rings is 1. The molecule has 1 aliphatic rings. The van der Waals surface area contributed by atoms with Crippen LogP contribution in [-0.2, 0) is 15.0 Å². The summed E-state index contributed by atoms with van der Waals surface area (Å²) in [5, 5.41) is 14.6. The van der Waals surface area contributed by atoms with Gasteiger partial charge in [0.15, 0.2) is 18.2 Å². The molecule has 1 N–H and O–H groups in total. The van der Waals surface area contributed by atoms with Crippen LogP contribution in [0, 0.1) is 11.3 Å². The Balaban J connectivity index is 1.80. The zero-order valence-corrected chi connectivity index (χ0v) is 15.5. The number of ether oxygens (including phenoxy) is 1. The molecule has 2 amide bonds. The summed E-state index contributed by atoms with van der Waals surface area (Å²) in [6.07, 6.45) is 1.54. The van der Waals surface area contributed by atoms with Gasteiger partial charge in [0, 0.05) is 6.20 Å². The lowest BCUT2D eigenvalue weighted by atomic mass is 9.86. The van der Waals surface area contributed by atoms with E-state index >= 15 is 0 Å². The predicted molar refractivity (Wildman–Crippen MR) is 98.4 cm³/mol. The Hall–Kier alpha value is -2.92. The minimum Gasteiger partial charge on any atom is -0.480 e. The summed E-state index contributed by atoms with van der Waals surface area (Å²) in [5.41, 5.74) is 1.14. The molecule has 3 rings (SSSR count). The van der Waals surface area contributed by atoms with Gasteiger partial charge in [-0.2, -0.15) is 5.26 Å². The molecule has 0 saturated heterocycles. The number of hydrogen-bond donors (Lipinski definition) is 1. The van der Waals surface area contributed by atoms with Crippen LogP contribution in [0.2, 0.25) is 0 Å². The smallest absolute Gasteiger partial charge is 0.266 e. The number of nitrogens with zero attached hydrogens (tertiary/aromatic N) is 3. The van der Waals surface area contributed by atoms with Gasteiger partial charge in [-0.25, -0.2) is 4.98 Å². The first-order valence-electron chi connectivity index (χ1n) is 8.01.